The fraction of sp³-hybridized carbons (Fsp3) is 0.889. The molecular formula is C9H16O4S. The number of esters is 1. The molecule has 0 aromatic heterocycles. The van der Waals surface area contributed by atoms with Gasteiger partial charge in [-0.3, -0.25) is 9.00 Å². The van der Waals surface area contributed by atoms with Crippen LogP contribution in [0.5, 0.6) is 0 Å². The Balaban J connectivity index is 2.34. The van der Waals surface area contributed by atoms with Crippen LogP contribution in [-0.2, 0) is 25.1 Å². The maximum atomic E-state index is 11.4. The molecule has 1 aliphatic heterocycles. The van der Waals surface area contributed by atoms with E-state index in [9.17, 15) is 9.00 Å². The van der Waals surface area contributed by atoms with E-state index < -0.39 is 16.2 Å². The lowest BCUT2D eigenvalue weighted by molar-refractivity contribution is -0.152. The molecule has 0 amide bonds. The van der Waals surface area contributed by atoms with Crippen LogP contribution >= 0.6 is 0 Å². The third-order valence-corrected chi connectivity index (χ3v) is 3.30. The Hall–Kier alpha value is -0.420. The molecule has 0 aliphatic carbocycles. The van der Waals surface area contributed by atoms with Crippen molar-refractivity contribution >= 4 is 16.8 Å². The molecule has 0 radical (unpaired) electrons. The van der Waals surface area contributed by atoms with E-state index in [1.54, 1.807) is 20.8 Å². The van der Waals surface area contributed by atoms with E-state index in [4.69, 9.17) is 9.47 Å². The average Bonchev–Trinajstić information content (AvgIpc) is 2.45. The Morgan fingerprint density at radius 1 is 1.57 bits per heavy atom. The predicted molar refractivity (Wildman–Crippen MR) is 53.2 cm³/mol. The van der Waals surface area contributed by atoms with E-state index in [0.29, 0.717) is 6.61 Å². The summed E-state index contributed by atoms with van der Waals surface area (Å²) in [5.41, 5.74) is -0.499. The third kappa shape index (κ3) is 3.06. The molecule has 0 bridgehead atoms. The molecule has 1 aliphatic rings. The normalized spacial score (nSPS) is 27.6. The van der Waals surface area contributed by atoms with Crippen LogP contribution in [0.25, 0.3) is 0 Å². The number of ether oxygens (including phenoxy) is 2. The van der Waals surface area contributed by atoms with E-state index in [2.05, 4.69) is 0 Å². The highest BCUT2D eigenvalue weighted by Gasteiger charge is 2.28. The second kappa shape index (κ2) is 4.40. The predicted octanol–water partition coefficient (Wildman–Crippen LogP) is 0.681. The molecule has 0 N–H and O–H groups in total. The van der Waals surface area contributed by atoms with Gasteiger partial charge in [0.25, 0.3) is 0 Å². The Kier molecular flexibility index (Phi) is 3.66. The van der Waals surface area contributed by atoms with Crippen molar-refractivity contribution in [3.05, 3.63) is 0 Å². The van der Waals surface area contributed by atoms with Crippen molar-refractivity contribution < 1.29 is 18.5 Å². The molecule has 14 heavy (non-hydrogen) atoms. The second-order valence-electron chi connectivity index (χ2n) is 4.34. The molecule has 1 fully saturated rings. The van der Waals surface area contributed by atoms with Gasteiger partial charge in [-0.2, -0.15) is 0 Å². The molecule has 1 saturated heterocycles. The lowest BCUT2D eigenvalue weighted by atomic mass is 9.97. The molecule has 4 nitrogen and oxygen atoms in total. The van der Waals surface area contributed by atoms with Gasteiger partial charge in [-0.25, -0.2) is 0 Å². The van der Waals surface area contributed by atoms with Gasteiger partial charge in [-0.15, -0.1) is 0 Å². The summed E-state index contributed by atoms with van der Waals surface area (Å²) in [5, 5.41) is -0.152. The van der Waals surface area contributed by atoms with Crippen LogP contribution in [-0.4, -0.2) is 34.6 Å². The number of carbonyl (C=O) groups excluding carboxylic acids is 1. The minimum absolute atomic E-state index is 0.152. The summed E-state index contributed by atoms with van der Waals surface area (Å²) >= 11 is 0. The minimum Gasteiger partial charge on any atom is -0.464 e. The van der Waals surface area contributed by atoms with Gasteiger partial charge >= 0.3 is 5.97 Å². The average molecular weight is 220 g/mol. The van der Waals surface area contributed by atoms with E-state index in [1.165, 1.54) is 0 Å². The molecule has 0 spiro atoms. The van der Waals surface area contributed by atoms with Crippen molar-refractivity contribution in [1.29, 1.82) is 0 Å². The zero-order valence-electron chi connectivity index (χ0n) is 8.74. The number of hydrogen-bond acceptors (Lipinski definition) is 4. The molecular weight excluding hydrogens is 204 g/mol. The molecule has 2 atom stereocenters. The molecule has 0 saturated carbocycles. The summed E-state index contributed by atoms with van der Waals surface area (Å²) < 4.78 is 21.3. The zero-order valence-corrected chi connectivity index (χ0v) is 9.56. The van der Waals surface area contributed by atoms with Crippen LogP contribution in [0.4, 0.5) is 0 Å². The Labute approximate surface area is 86.4 Å². The van der Waals surface area contributed by atoms with Crippen LogP contribution in [0.1, 0.15) is 20.8 Å². The van der Waals surface area contributed by atoms with E-state index in [1.807, 2.05) is 0 Å². The van der Waals surface area contributed by atoms with Crippen LogP contribution in [0, 0.1) is 5.41 Å². The summed E-state index contributed by atoms with van der Waals surface area (Å²) in [7, 11) is -1.00. The fourth-order valence-electron chi connectivity index (χ4n) is 0.943. The number of carbonyl (C=O) groups is 1. The van der Waals surface area contributed by atoms with E-state index in [-0.39, 0.29) is 23.8 Å². The van der Waals surface area contributed by atoms with Crippen molar-refractivity contribution in [2.45, 2.75) is 26.0 Å². The summed E-state index contributed by atoms with van der Waals surface area (Å²) in [6, 6.07) is 0. The van der Waals surface area contributed by atoms with Crippen molar-refractivity contribution in [2.75, 3.05) is 19.2 Å². The maximum absolute atomic E-state index is 11.4. The Morgan fingerprint density at radius 2 is 2.21 bits per heavy atom. The quantitative estimate of drug-likeness (QED) is 0.642. The first kappa shape index (κ1) is 11.7. The van der Waals surface area contributed by atoms with Gasteiger partial charge in [0, 0.05) is 0 Å². The van der Waals surface area contributed by atoms with E-state index in [0.717, 1.165) is 0 Å². The molecule has 82 valence electrons. The summed E-state index contributed by atoms with van der Waals surface area (Å²) in [6.45, 7) is 5.99. The monoisotopic (exact) mass is 220 g/mol. The summed E-state index contributed by atoms with van der Waals surface area (Å²) in [4.78, 5) is 11.4. The largest absolute Gasteiger partial charge is 0.464 e. The van der Waals surface area contributed by atoms with Gasteiger partial charge in [0.1, 0.15) is 12.5 Å². The standard InChI is InChI=1S/C9H16O4S/c1-9(2,3)8(10)13-5-7-4-12-6-14(7)11/h7H,4-6H2,1-3H3. The fourth-order valence-corrected chi connectivity index (χ4v) is 1.86. The first-order valence-electron chi connectivity index (χ1n) is 4.53. The second-order valence-corrected chi connectivity index (χ2v) is 6.00. The molecule has 0 aromatic rings. The van der Waals surface area contributed by atoms with Gasteiger partial charge in [-0.05, 0) is 20.8 Å². The van der Waals surface area contributed by atoms with Gasteiger partial charge < -0.3 is 9.47 Å². The number of hydrogen-bond donors (Lipinski definition) is 0. The van der Waals surface area contributed by atoms with Gasteiger partial charge in [0.15, 0.2) is 0 Å². The lowest BCUT2D eigenvalue weighted by Gasteiger charge is -2.17. The zero-order chi connectivity index (χ0) is 10.8. The molecule has 0 aromatic carbocycles. The summed E-state index contributed by atoms with van der Waals surface area (Å²) in [6.07, 6.45) is 0. The van der Waals surface area contributed by atoms with Crippen LogP contribution < -0.4 is 0 Å². The van der Waals surface area contributed by atoms with Crippen molar-refractivity contribution in [2.24, 2.45) is 5.41 Å². The SMILES string of the molecule is CC(C)(C)C(=O)OCC1COCS1=O. The van der Waals surface area contributed by atoms with Crippen molar-refractivity contribution in [3.8, 4) is 0 Å². The molecule has 2 unspecified atom stereocenters. The van der Waals surface area contributed by atoms with Gasteiger partial charge in [0.05, 0.1) is 28.1 Å². The van der Waals surface area contributed by atoms with Crippen molar-refractivity contribution in [3.63, 3.8) is 0 Å². The van der Waals surface area contributed by atoms with Crippen LogP contribution in [0.15, 0.2) is 0 Å². The van der Waals surface area contributed by atoms with Crippen LogP contribution in [0.3, 0.4) is 0 Å². The lowest BCUT2D eigenvalue weighted by Crippen LogP contribution is -2.28. The van der Waals surface area contributed by atoms with Gasteiger partial charge in [-0.1, -0.05) is 0 Å². The first-order valence-corrected chi connectivity index (χ1v) is 5.91. The number of rotatable bonds is 2. The van der Waals surface area contributed by atoms with Crippen molar-refractivity contribution in [1.82, 2.24) is 0 Å². The summed E-state index contributed by atoms with van der Waals surface area (Å²) in [5.74, 6) is -0.000951. The Bertz CT molecular complexity index is 244. The highest BCUT2D eigenvalue weighted by Crippen LogP contribution is 2.16. The minimum atomic E-state index is -1.00. The Morgan fingerprint density at radius 3 is 2.64 bits per heavy atom. The van der Waals surface area contributed by atoms with E-state index >= 15 is 0 Å². The first-order chi connectivity index (χ1) is 6.41. The molecule has 1 heterocycles. The molecule has 5 heteroatoms. The molecule has 1 rings (SSSR count). The van der Waals surface area contributed by atoms with Gasteiger partial charge in [0.2, 0.25) is 0 Å². The highest BCUT2D eigenvalue weighted by molar-refractivity contribution is 7.85. The third-order valence-electron chi connectivity index (χ3n) is 1.89. The maximum Gasteiger partial charge on any atom is 0.311 e. The smallest absolute Gasteiger partial charge is 0.311 e. The topological polar surface area (TPSA) is 52.6 Å². The van der Waals surface area contributed by atoms with Crippen LogP contribution in [0.2, 0.25) is 0 Å². The highest BCUT2D eigenvalue weighted by atomic mass is 32.2.